The summed E-state index contributed by atoms with van der Waals surface area (Å²) in [5.74, 6) is 2.34. The van der Waals surface area contributed by atoms with Gasteiger partial charge in [-0.3, -0.25) is 4.79 Å². The summed E-state index contributed by atoms with van der Waals surface area (Å²) < 4.78 is 18.7. The average molecular weight is 379 g/mol. The summed E-state index contributed by atoms with van der Waals surface area (Å²) in [4.78, 5) is 17.4. The van der Waals surface area contributed by atoms with Crippen molar-refractivity contribution >= 4 is 5.91 Å². The van der Waals surface area contributed by atoms with Crippen molar-refractivity contribution in [1.82, 2.24) is 14.9 Å². The molecule has 0 fully saturated rings. The monoisotopic (exact) mass is 379 g/mol. The second-order valence-corrected chi connectivity index (χ2v) is 6.48. The molecule has 7 nitrogen and oxygen atoms in total. The highest BCUT2D eigenvalue weighted by molar-refractivity contribution is 5.82. The van der Waals surface area contributed by atoms with Crippen molar-refractivity contribution < 1.29 is 19.0 Å². The van der Waals surface area contributed by atoms with E-state index in [4.69, 9.17) is 14.2 Å². The molecule has 2 heterocycles. The van der Waals surface area contributed by atoms with Gasteiger partial charge in [0.05, 0.1) is 7.11 Å². The molecule has 0 saturated heterocycles. The zero-order chi connectivity index (χ0) is 19.5. The molecule has 3 aromatic rings. The first-order chi connectivity index (χ1) is 13.7. The molecule has 2 aromatic carbocycles. The van der Waals surface area contributed by atoms with Gasteiger partial charge in [-0.1, -0.05) is 24.3 Å². The Hall–Kier alpha value is -3.48. The molecule has 4 rings (SSSR count). The van der Waals surface area contributed by atoms with Crippen LogP contribution in [0.25, 0.3) is 0 Å². The van der Waals surface area contributed by atoms with Gasteiger partial charge in [0.1, 0.15) is 24.2 Å². The highest BCUT2D eigenvalue weighted by atomic mass is 16.6. The Kier molecular flexibility index (Phi) is 4.89. The fourth-order valence-electron chi connectivity index (χ4n) is 3.16. The molecule has 2 atom stereocenters. The van der Waals surface area contributed by atoms with Crippen molar-refractivity contribution in [3.63, 3.8) is 0 Å². The van der Waals surface area contributed by atoms with Crippen molar-refractivity contribution in [3.05, 3.63) is 72.3 Å². The van der Waals surface area contributed by atoms with E-state index in [1.807, 2.05) is 60.3 Å². The van der Waals surface area contributed by atoms with Gasteiger partial charge in [-0.25, -0.2) is 4.98 Å². The Morgan fingerprint density at radius 2 is 2.07 bits per heavy atom. The number of hydrogen-bond donors (Lipinski definition) is 1. The first-order valence-corrected chi connectivity index (χ1v) is 8.95. The number of imidazole rings is 1. The highest BCUT2D eigenvalue weighted by Gasteiger charge is 2.30. The fourth-order valence-corrected chi connectivity index (χ4v) is 3.16. The first kappa shape index (κ1) is 17.9. The topological polar surface area (TPSA) is 74.6 Å². The summed E-state index contributed by atoms with van der Waals surface area (Å²) in [7, 11) is 3.50. The van der Waals surface area contributed by atoms with Gasteiger partial charge in [-0.15, -0.1) is 0 Å². The molecule has 1 amide bonds. The molecule has 7 heteroatoms. The molecular weight excluding hydrogens is 358 g/mol. The number of amides is 1. The second-order valence-electron chi connectivity index (χ2n) is 6.48. The minimum atomic E-state index is -0.747. The van der Waals surface area contributed by atoms with Crippen LogP contribution in [0.5, 0.6) is 17.2 Å². The molecule has 0 aliphatic carbocycles. The van der Waals surface area contributed by atoms with Crippen molar-refractivity contribution in [1.29, 1.82) is 0 Å². The predicted octanol–water partition coefficient (Wildman–Crippen LogP) is 2.47. The van der Waals surface area contributed by atoms with Crippen molar-refractivity contribution in [2.24, 2.45) is 7.05 Å². The maximum Gasteiger partial charge on any atom is 0.265 e. The van der Waals surface area contributed by atoms with Crippen LogP contribution in [0.1, 0.15) is 17.4 Å². The van der Waals surface area contributed by atoms with Crippen LogP contribution < -0.4 is 19.5 Å². The molecule has 1 aromatic heterocycles. The number of aryl methyl sites for hydroxylation is 1. The lowest BCUT2D eigenvalue weighted by atomic mass is 10.1. The summed E-state index contributed by atoms with van der Waals surface area (Å²) in [6.45, 7) is 0.147. The van der Waals surface area contributed by atoms with Crippen LogP contribution in [0.15, 0.2) is 60.9 Å². The van der Waals surface area contributed by atoms with E-state index < -0.39 is 12.1 Å². The lowest BCUT2D eigenvalue weighted by Gasteiger charge is -2.27. The van der Waals surface area contributed by atoms with Gasteiger partial charge in [0, 0.05) is 19.4 Å². The Morgan fingerprint density at radius 1 is 1.25 bits per heavy atom. The van der Waals surface area contributed by atoms with Gasteiger partial charge in [0.2, 0.25) is 6.10 Å². The summed E-state index contributed by atoms with van der Waals surface area (Å²) in [6.07, 6.45) is 2.79. The van der Waals surface area contributed by atoms with Crippen molar-refractivity contribution in [2.75, 3.05) is 13.7 Å². The summed E-state index contributed by atoms with van der Waals surface area (Å²) in [6, 6.07) is 14.4. The van der Waals surface area contributed by atoms with E-state index in [0.717, 1.165) is 5.56 Å². The van der Waals surface area contributed by atoms with Gasteiger partial charge in [0.25, 0.3) is 5.91 Å². The molecule has 144 valence electrons. The van der Waals surface area contributed by atoms with E-state index in [1.54, 1.807) is 19.4 Å². The average Bonchev–Trinajstić information content (AvgIpc) is 3.17. The molecule has 1 N–H and O–H groups in total. The molecule has 28 heavy (non-hydrogen) atoms. The number of hydrogen-bond acceptors (Lipinski definition) is 5. The van der Waals surface area contributed by atoms with E-state index >= 15 is 0 Å². The first-order valence-electron chi connectivity index (χ1n) is 8.95. The number of carbonyl (C=O) groups excluding carboxylic acids is 1. The number of rotatable bonds is 5. The van der Waals surface area contributed by atoms with Crippen molar-refractivity contribution in [3.8, 4) is 17.2 Å². The normalized spacial score (nSPS) is 16.3. The minimum Gasteiger partial charge on any atom is -0.497 e. The minimum absolute atomic E-state index is 0.147. The third-order valence-electron chi connectivity index (χ3n) is 4.63. The van der Waals surface area contributed by atoms with E-state index in [-0.39, 0.29) is 12.5 Å². The van der Waals surface area contributed by atoms with E-state index in [2.05, 4.69) is 10.3 Å². The van der Waals surface area contributed by atoms with Crippen molar-refractivity contribution in [2.45, 2.75) is 12.1 Å². The second kappa shape index (κ2) is 7.64. The number of nitrogens with one attached hydrogen (secondary N) is 1. The quantitative estimate of drug-likeness (QED) is 0.737. The summed E-state index contributed by atoms with van der Waals surface area (Å²) >= 11 is 0. The van der Waals surface area contributed by atoms with Gasteiger partial charge in [0.15, 0.2) is 11.5 Å². The van der Waals surface area contributed by atoms with Crippen LogP contribution in [-0.2, 0) is 11.8 Å². The third-order valence-corrected chi connectivity index (χ3v) is 4.63. The van der Waals surface area contributed by atoms with E-state index in [0.29, 0.717) is 23.1 Å². The van der Waals surface area contributed by atoms with Crippen LogP contribution in [0.4, 0.5) is 0 Å². The maximum atomic E-state index is 13.0. The Balaban J connectivity index is 1.59. The molecule has 0 unspecified atom stereocenters. The van der Waals surface area contributed by atoms with E-state index in [9.17, 15) is 4.79 Å². The molecule has 0 radical (unpaired) electrons. The number of carbonyl (C=O) groups is 1. The molecule has 0 saturated carbocycles. The van der Waals surface area contributed by atoms with Gasteiger partial charge >= 0.3 is 0 Å². The molecule has 0 bridgehead atoms. The van der Waals surface area contributed by atoms with Gasteiger partial charge in [-0.2, -0.15) is 0 Å². The zero-order valence-corrected chi connectivity index (χ0v) is 15.7. The van der Waals surface area contributed by atoms with Crippen LogP contribution in [-0.4, -0.2) is 35.3 Å². The number of methoxy groups -OCH3 is 1. The Bertz CT molecular complexity index is 985. The van der Waals surface area contributed by atoms with Crippen LogP contribution in [0, 0.1) is 0 Å². The number of benzene rings is 2. The summed E-state index contributed by atoms with van der Waals surface area (Å²) in [5.41, 5.74) is 0.860. The maximum absolute atomic E-state index is 13.0. The molecule has 0 spiro atoms. The Labute approximate surface area is 162 Å². The fraction of sp³-hybridized carbons (Fsp3) is 0.238. The number of aromatic nitrogens is 2. The predicted molar refractivity (Wildman–Crippen MR) is 103 cm³/mol. The Morgan fingerprint density at radius 3 is 2.82 bits per heavy atom. The smallest absolute Gasteiger partial charge is 0.265 e. The standard InChI is InChI=1S/C21H21N3O4/c1-24-11-10-22-20(24)19(14-6-5-7-15(12-14)26-2)23-21(25)18-13-27-16-8-3-4-9-17(16)28-18/h3-12,18-19H,13H2,1-2H3,(H,23,25)/t18-,19+/m1/s1. The largest absolute Gasteiger partial charge is 0.497 e. The SMILES string of the molecule is COc1cccc([C@H](NC(=O)[C@H]2COc3ccccc3O2)c2nccn2C)c1. The lowest BCUT2D eigenvalue weighted by molar-refractivity contribution is -0.130. The van der Waals surface area contributed by atoms with Crippen LogP contribution >= 0.6 is 0 Å². The van der Waals surface area contributed by atoms with E-state index in [1.165, 1.54) is 0 Å². The number of para-hydroxylation sites is 2. The van der Waals surface area contributed by atoms with Gasteiger partial charge in [-0.05, 0) is 29.8 Å². The summed E-state index contributed by atoms with van der Waals surface area (Å²) in [5, 5.41) is 3.05. The van der Waals surface area contributed by atoms with Gasteiger partial charge < -0.3 is 24.1 Å². The van der Waals surface area contributed by atoms with Crippen LogP contribution in [0.3, 0.4) is 0 Å². The zero-order valence-electron chi connectivity index (χ0n) is 15.7. The number of nitrogens with zero attached hydrogens (tertiary/aromatic N) is 2. The molecule has 1 aliphatic heterocycles. The highest BCUT2D eigenvalue weighted by Crippen LogP contribution is 2.31. The number of ether oxygens (including phenoxy) is 3. The molecular formula is C21H21N3O4. The number of fused-ring (bicyclic) bond motifs is 1. The molecule has 1 aliphatic rings. The lowest BCUT2D eigenvalue weighted by Crippen LogP contribution is -2.45. The van der Waals surface area contributed by atoms with Crippen LogP contribution in [0.2, 0.25) is 0 Å². The third kappa shape index (κ3) is 3.51.